The lowest BCUT2D eigenvalue weighted by molar-refractivity contribution is -0.132. The van der Waals surface area contributed by atoms with E-state index in [2.05, 4.69) is 6.58 Å². The molecule has 2 amide bonds. The summed E-state index contributed by atoms with van der Waals surface area (Å²) in [5.74, 6) is 0.144. The Kier molecular flexibility index (Phi) is 4.71. The van der Waals surface area contributed by atoms with Gasteiger partial charge in [-0.1, -0.05) is 24.8 Å². The molecule has 1 aliphatic heterocycles. The van der Waals surface area contributed by atoms with Gasteiger partial charge in [-0.2, -0.15) is 0 Å². The Morgan fingerprint density at radius 2 is 1.88 bits per heavy atom. The summed E-state index contributed by atoms with van der Waals surface area (Å²) in [6.45, 7) is 4.24. The minimum atomic E-state index is -0.152. The first kappa shape index (κ1) is 16.7. The molecule has 0 unspecified atom stereocenters. The van der Waals surface area contributed by atoms with E-state index in [1.54, 1.807) is 11.0 Å². The first-order valence-electron chi connectivity index (χ1n) is 8.49. The van der Waals surface area contributed by atoms with Gasteiger partial charge >= 0.3 is 0 Å². The molecule has 1 fully saturated rings. The van der Waals surface area contributed by atoms with Gasteiger partial charge in [0.05, 0.1) is 0 Å². The zero-order chi connectivity index (χ0) is 17.3. The number of carbonyl (C=O) groups is 2. The maximum atomic E-state index is 12.6. The van der Waals surface area contributed by atoms with Crippen LogP contribution in [-0.2, 0) is 4.79 Å². The van der Waals surface area contributed by atoms with E-state index in [1.165, 1.54) is 4.90 Å². The van der Waals surface area contributed by atoms with Crippen LogP contribution in [0, 0.1) is 5.92 Å². The molecule has 0 aromatic heterocycles. The summed E-state index contributed by atoms with van der Waals surface area (Å²) < 4.78 is 0. The Hall–Kier alpha value is -2.14. The fourth-order valence-corrected chi connectivity index (χ4v) is 3.67. The molecule has 1 aromatic carbocycles. The number of aliphatic hydroxyl groups is 1. The molecule has 3 rings (SSSR count). The van der Waals surface area contributed by atoms with Crippen molar-refractivity contribution in [2.24, 2.45) is 5.92 Å². The van der Waals surface area contributed by atoms with Crippen molar-refractivity contribution >= 4 is 17.5 Å². The monoisotopic (exact) mass is 328 g/mol. The van der Waals surface area contributed by atoms with Crippen LogP contribution in [0.5, 0.6) is 0 Å². The van der Waals surface area contributed by atoms with Crippen LogP contribution in [0.3, 0.4) is 0 Å². The molecule has 0 spiro atoms. The molecule has 1 heterocycles. The quantitative estimate of drug-likeness (QED) is 0.921. The van der Waals surface area contributed by atoms with Crippen molar-refractivity contribution in [1.82, 2.24) is 9.80 Å². The molecular weight excluding hydrogens is 304 g/mol. The first-order valence-corrected chi connectivity index (χ1v) is 8.49. The van der Waals surface area contributed by atoms with Gasteiger partial charge in [0.25, 0.3) is 5.91 Å². The molecule has 0 bridgehead atoms. The van der Waals surface area contributed by atoms with Crippen molar-refractivity contribution in [3.63, 3.8) is 0 Å². The zero-order valence-electron chi connectivity index (χ0n) is 14.1. The largest absolute Gasteiger partial charge is 0.396 e. The zero-order valence-corrected chi connectivity index (χ0v) is 14.1. The van der Waals surface area contributed by atoms with E-state index in [0.717, 1.165) is 31.2 Å². The van der Waals surface area contributed by atoms with Gasteiger partial charge in [0, 0.05) is 36.5 Å². The Balaban J connectivity index is 1.63. The summed E-state index contributed by atoms with van der Waals surface area (Å²) in [6.07, 6.45) is 3.70. The van der Waals surface area contributed by atoms with E-state index >= 15 is 0 Å². The number of fused-ring (bicyclic) bond motifs is 1. The van der Waals surface area contributed by atoms with Crippen LogP contribution in [0.15, 0.2) is 30.8 Å². The molecule has 128 valence electrons. The Bertz CT molecular complexity index is 627. The van der Waals surface area contributed by atoms with E-state index in [9.17, 15) is 14.7 Å². The third kappa shape index (κ3) is 2.96. The highest BCUT2D eigenvalue weighted by atomic mass is 16.3. The summed E-state index contributed by atoms with van der Waals surface area (Å²) in [7, 11) is 1.81. The second-order valence-electron chi connectivity index (χ2n) is 6.75. The van der Waals surface area contributed by atoms with Gasteiger partial charge in [0.1, 0.15) is 6.54 Å². The average Bonchev–Trinajstić information content (AvgIpc) is 2.86. The van der Waals surface area contributed by atoms with Crippen molar-refractivity contribution in [2.45, 2.75) is 31.7 Å². The number of hydrogen-bond acceptors (Lipinski definition) is 3. The summed E-state index contributed by atoms with van der Waals surface area (Å²) in [5.41, 5.74) is 2.02. The normalized spacial score (nSPS) is 23.3. The molecule has 1 aliphatic carbocycles. The highest BCUT2D eigenvalue weighted by Crippen LogP contribution is 2.31. The highest BCUT2D eigenvalue weighted by Gasteiger charge is 2.34. The molecule has 1 aromatic rings. The standard InChI is InChI=1S/C19H24N2O3/c1-13-16-5-3-4-6-17(16)19(24)21(13)11-18(23)20(2)15-9-7-14(12-22)8-10-15/h3-6,14-15,22H,1,7-12H2,2H3. The Labute approximate surface area is 142 Å². The fourth-order valence-electron chi connectivity index (χ4n) is 3.67. The minimum absolute atomic E-state index is 0.0305. The molecule has 0 saturated heterocycles. The summed E-state index contributed by atoms with van der Waals surface area (Å²) in [6, 6.07) is 7.51. The van der Waals surface area contributed by atoms with Crippen LogP contribution in [0.2, 0.25) is 0 Å². The number of carbonyl (C=O) groups excluding carboxylic acids is 2. The smallest absolute Gasteiger partial charge is 0.259 e. The molecule has 1 N–H and O–H groups in total. The van der Waals surface area contributed by atoms with E-state index in [-0.39, 0.29) is 31.0 Å². The second kappa shape index (κ2) is 6.77. The van der Waals surface area contributed by atoms with Crippen molar-refractivity contribution in [3.05, 3.63) is 42.0 Å². The highest BCUT2D eigenvalue weighted by molar-refractivity contribution is 6.10. The maximum Gasteiger partial charge on any atom is 0.259 e. The van der Waals surface area contributed by atoms with Crippen LogP contribution in [0.1, 0.15) is 41.6 Å². The molecule has 5 heteroatoms. The van der Waals surface area contributed by atoms with Crippen LogP contribution >= 0.6 is 0 Å². The van der Waals surface area contributed by atoms with Crippen LogP contribution in [0.25, 0.3) is 5.70 Å². The third-order valence-electron chi connectivity index (χ3n) is 5.35. The van der Waals surface area contributed by atoms with Gasteiger partial charge < -0.3 is 10.0 Å². The summed E-state index contributed by atoms with van der Waals surface area (Å²) in [5, 5.41) is 9.22. The van der Waals surface area contributed by atoms with Crippen molar-refractivity contribution < 1.29 is 14.7 Å². The predicted molar refractivity (Wildman–Crippen MR) is 92.1 cm³/mol. The topological polar surface area (TPSA) is 60.9 Å². The summed E-state index contributed by atoms with van der Waals surface area (Å²) >= 11 is 0. The van der Waals surface area contributed by atoms with Gasteiger partial charge in [0.2, 0.25) is 5.91 Å². The average molecular weight is 328 g/mol. The molecule has 5 nitrogen and oxygen atoms in total. The molecule has 1 saturated carbocycles. The van der Waals surface area contributed by atoms with E-state index < -0.39 is 0 Å². The SMILES string of the molecule is C=C1c2ccccc2C(=O)N1CC(=O)N(C)C1CCC(CO)CC1. The number of hydrogen-bond donors (Lipinski definition) is 1. The number of nitrogens with zero attached hydrogens (tertiary/aromatic N) is 2. The molecule has 2 aliphatic rings. The van der Waals surface area contributed by atoms with Gasteiger partial charge in [-0.3, -0.25) is 14.5 Å². The van der Waals surface area contributed by atoms with Gasteiger partial charge in [-0.05, 0) is 37.7 Å². The van der Waals surface area contributed by atoms with Gasteiger partial charge in [-0.15, -0.1) is 0 Å². The van der Waals surface area contributed by atoms with E-state index in [0.29, 0.717) is 17.2 Å². The number of amides is 2. The molecule has 24 heavy (non-hydrogen) atoms. The fraction of sp³-hybridized carbons (Fsp3) is 0.474. The number of aliphatic hydroxyl groups excluding tert-OH is 1. The van der Waals surface area contributed by atoms with Crippen molar-refractivity contribution in [3.8, 4) is 0 Å². The number of rotatable bonds is 4. The lowest BCUT2D eigenvalue weighted by Gasteiger charge is -2.35. The van der Waals surface area contributed by atoms with Gasteiger partial charge in [-0.25, -0.2) is 0 Å². The molecular formula is C19H24N2O3. The number of benzene rings is 1. The maximum absolute atomic E-state index is 12.6. The van der Waals surface area contributed by atoms with E-state index in [1.807, 2.05) is 25.2 Å². The Morgan fingerprint density at radius 3 is 2.46 bits per heavy atom. The first-order chi connectivity index (χ1) is 11.5. The second-order valence-corrected chi connectivity index (χ2v) is 6.75. The van der Waals surface area contributed by atoms with Crippen molar-refractivity contribution in [2.75, 3.05) is 20.2 Å². The predicted octanol–water partition coefficient (Wildman–Crippen LogP) is 2.12. The number of likely N-dealkylation sites (N-methyl/N-ethyl adjacent to an activating group) is 1. The van der Waals surface area contributed by atoms with Crippen LogP contribution < -0.4 is 0 Å². The lowest BCUT2D eigenvalue weighted by Crippen LogP contribution is -2.44. The van der Waals surface area contributed by atoms with E-state index in [4.69, 9.17) is 0 Å². The van der Waals surface area contributed by atoms with Crippen LogP contribution in [0.4, 0.5) is 0 Å². The lowest BCUT2D eigenvalue weighted by atomic mass is 9.86. The third-order valence-corrected chi connectivity index (χ3v) is 5.35. The molecule has 0 atom stereocenters. The molecule has 0 radical (unpaired) electrons. The summed E-state index contributed by atoms with van der Waals surface area (Å²) in [4.78, 5) is 28.4. The minimum Gasteiger partial charge on any atom is -0.396 e. The van der Waals surface area contributed by atoms with Gasteiger partial charge in [0.15, 0.2) is 0 Å². The van der Waals surface area contributed by atoms with Crippen molar-refractivity contribution in [1.29, 1.82) is 0 Å². The Morgan fingerprint density at radius 1 is 1.25 bits per heavy atom. The van der Waals surface area contributed by atoms with Crippen LogP contribution in [-0.4, -0.2) is 53.0 Å².